The highest BCUT2D eigenvalue weighted by Crippen LogP contribution is 2.30. The number of aryl methyl sites for hydroxylation is 1. The molecule has 5 nitrogen and oxygen atoms in total. The van der Waals surface area contributed by atoms with Crippen LogP contribution in [-0.2, 0) is 4.79 Å². The highest BCUT2D eigenvalue weighted by atomic mass is 35.5. The maximum atomic E-state index is 10.8. The fourth-order valence-electron chi connectivity index (χ4n) is 1.13. The van der Waals surface area contributed by atoms with E-state index in [1.165, 1.54) is 19.1 Å². The molecule has 0 unspecified atom stereocenters. The summed E-state index contributed by atoms with van der Waals surface area (Å²) in [6.07, 6.45) is 0. The Labute approximate surface area is 91.2 Å². The topological polar surface area (TPSA) is 72.2 Å². The predicted molar refractivity (Wildman–Crippen MR) is 57.1 cm³/mol. The monoisotopic (exact) mass is 228 g/mol. The van der Waals surface area contributed by atoms with E-state index in [4.69, 9.17) is 11.6 Å². The van der Waals surface area contributed by atoms with Gasteiger partial charge in [0.05, 0.1) is 4.92 Å². The first-order valence-corrected chi connectivity index (χ1v) is 4.51. The average molecular weight is 229 g/mol. The molecule has 80 valence electrons. The zero-order chi connectivity index (χ0) is 11.6. The van der Waals surface area contributed by atoms with Crippen molar-refractivity contribution in [3.63, 3.8) is 0 Å². The van der Waals surface area contributed by atoms with Crippen LogP contribution in [0.3, 0.4) is 0 Å². The van der Waals surface area contributed by atoms with Gasteiger partial charge in [-0.25, -0.2) is 0 Å². The number of rotatable bonds is 2. The van der Waals surface area contributed by atoms with E-state index < -0.39 is 4.92 Å². The molecule has 1 aromatic carbocycles. The number of anilines is 1. The number of nitro benzene ring substituents is 1. The van der Waals surface area contributed by atoms with E-state index in [-0.39, 0.29) is 16.6 Å². The number of carbonyl (C=O) groups is 1. The molecular weight excluding hydrogens is 220 g/mol. The molecule has 0 aliphatic carbocycles. The molecule has 0 aliphatic rings. The van der Waals surface area contributed by atoms with Crippen molar-refractivity contribution in [1.82, 2.24) is 0 Å². The largest absolute Gasteiger partial charge is 0.326 e. The standard InChI is InChI=1S/C9H9ClN2O3/c1-5-3-9(12(14)15)7(10)4-8(5)11-6(2)13/h3-4H,1-2H3,(H,11,13). The minimum atomic E-state index is -0.563. The van der Waals surface area contributed by atoms with Crippen molar-refractivity contribution in [2.75, 3.05) is 5.32 Å². The summed E-state index contributed by atoms with van der Waals surface area (Å²) in [5, 5.41) is 13.1. The maximum Gasteiger partial charge on any atom is 0.288 e. The van der Waals surface area contributed by atoms with Crippen molar-refractivity contribution in [3.05, 3.63) is 32.8 Å². The molecule has 1 N–H and O–H groups in total. The van der Waals surface area contributed by atoms with E-state index in [2.05, 4.69) is 5.32 Å². The minimum absolute atomic E-state index is 0.00866. The molecule has 0 aromatic heterocycles. The summed E-state index contributed by atoms with van der Waals surface area (Å²) in [7, 11) is 0. The Hall–Kier alpha value is -1.62. The number of benzene rings is 1. The van der Waals surface area contributed by atoms with E-state index in [9.17, 15) is 14.9 Å². The third-order valence-electron chi connectivity index (χ3n) is 1.80. The molecular formula is C9H9ClN2O3. The number of halogens is 1. The average Bonchev–Trinajstić information content (AvgIpc) is 2.09. The van der Waals surface area contributed by atoms with Crippen molar-refractivity contribution in [1.29, 1.82) is 0 Å². The molecule has 6 heteroatoms. The fraction of sp³-hybridized carbons (Fsp3) is 0.222. The van der Waals surface area contributed by atoms with E-state index in [0.717, 1.165) is 0 Å². The van der Waals surface area contributed by atoms with E-state index in [0.29, 0.717) is 11.3 Å². The van der Waals surface area contributed by atoms with Crippen LogP contribution in [0, 0.1) is 17.0 Å². The summed E-state index contributed by atoms with van der Waals surface area (Å²) in [6, 6.07) is 2.70. The van der Waals surface area contributed by atoms with Gasteiger partial charge >= 0.3 is 0 Å². The maximum absolute atomic E-state index is 10.8. The van der Waals surface area contributed by atoms with Crippen molar-refractivity contribution in [3.8, 4) is 0 Å². The quantitative estimate of drug-likeness (QED) is 0.624. The van der Waals surface area contributed by atoms with Crippen LogP contribution in [0.4, 0.5) is 11.4 Å². The van der Waals surface area contributed by atoms with Gasteiger partial charge in [0.25, 0.3) is 5.69 Å². The number of nitrogens with one attached hydrogen (secondary N) is 1. The molecule has 0 saturated heterocycles. The number of hydrogen-bond donors (Lipinski definition) is 1. The van der Waals surface area contributed by atoms with Crippen LogP contribution in [0.5, 0.6) is 0 Å². The number of nitro groups is 1. The molecule has 0 radical (unpaired) electrons. The second kappa shape index (κ2) is 4.27. The van der Waals surface area contributed by atoms with Gasteiger partial charge in [-0.15, -0.1) is 0 Å². The summed E-state index contributed by atoms with van der Waals surface area (Å²) >= 11 is 5.69. The van der Waals surface area contributed by atoms with Gasteiger partial charge in [-0.2, -0.15) is 0 Å². The lowest BCUT2D eigenvalue weighted by atomic mass is 10.2. The zero-order valence-corrected chi connectivity index (χ0v) is 8.96. The number of hydrogen-bond acceptors (Lipinski definition) is 3. The second-order valence-corrected chi connectivity index (χ2v) is 3.46. The summed E-state index contributed by atoms with van der Waals surface area (Å²) in [5.74, 6) is -0.247. The fourth-order valence-corrected chi connectivity index (χ4v) is 1.36. The van der Waals surface area contributed by atoms with E-state index in [1.807, 2.05) is 0 Å². The molecule has 0 bridgehead atoms. The highest BCUT2D eigenvalue weighted by molar-refractivity contribution is 6.33. The molecule has 0 spiro atoms. The lowest BCUT2D eigenvalue weighted by Gasteiger charge is -2.06. The molecule has 0 fully saturated rings. The van der Waals surface area contributed by atoms with Crippen LogP contribution in [-0.4, -0.2) is 10.8 Å². The lowest BCUT2D eigenvalue weighted by molar-refractivity contribution is -0.384. The Bertz CT molecular complexity index is 432. The van der Waals surface area contributed by atoms with Gasteiger partial charge in [0.2, 0.25) is 5.91 Å². The first kappa shape index (κ1) is 11.5. The lowest BCUT2D eigenvalue weighted by Crippen LogP contribution is -2.07. The van der Waals surface area contributed by atoms with Crippen LogP contribution in [0.25, 0.3) is 0 Å². The van der Waals surface area contributed by atoms with Gasteiger partial charge < -0.3 is 5.32 Å². The minimum Gasteiger partial charge on any atom is -0.326 e. The SMILES string of the molecule is CC(=O)Nc1cc(Cl)c([N+](=O)[O-])cc1C. The normalized spacial score (nSPS) is 9.80. The Balaban J connectivity index is 3.19. The van der Waals surface area contributed by atoms with Crippen LogP contribution in [0.1, 0.15) is 12.5 Å². The Morgan fingerprint density at radius 2 is 2.13 bits per heavy atom. The van der Waals surface area contributed by atoms with Crippen molar-refractivity contribution in [2.45, 2.75) is 13.8 Å². The highest BCUT2D eigenvalue weighted by Gasteiger charge is 2.15. The van der Waals surface area contributed by atoms with Gasteiger partial charge in [0, 0.05) is 18.7 Å². The molecule has 0 saturated carbocycles. The van der Waals surface area contributed by atoms with Gasteiger partial charge in [-0.05, 0) is 18.6 Å². The van der Waals surface area contributed by atoms with Gasteiger partial charge in [0.1, 0.15) is 5.02 Å². The van der Waals surface area contributed by atoms with Crippen molar-refractivity contribution in [2.24, 2.45) is 0 Å². The number of amides is 1. The van der Waals surface area contributed by atoms with Gasteiger partial charge in [-0.3, -0.25) is 14.9 Å². The molecule has 1 amide bonds. The van der Waals surface area contributed by atoms with Crippen LogP contribution in [0.2, 0.25) is 5.02 Å². The van der Waals surface area contributed by atoms with Crippen LogP contribution in [0.15, 0.2) is 12.1 Å². The predicted octanol–water partition coefficient (Wildman–Crippen LogP) is 2.52. The Morgan fingerprint density at radius 3 is 2.60 bits per heavy atom. The molecule has 0 atom stereocenters. The summed E-state index contributed by atoms with van der Waals surface area (Å²) in [4.78, 5) is 20.8. The van der Waals surface area contributed by atoms with Crippen molar-refractivity contribution < 1.29 is 9.72 Å². The smallest absolute Gasteiger partial charge is 0.288 e. The number of nitrogens with zero attached hydrogens (tertiary/aromatic N) is 1. The number of carbonyl (C=O) groups excluding carboxylic acids is 1. The third-order valence-corrected chi connectivity index (χ3v) is 2.10. The Morgan fingerprint density at radius 1 is 1.53 bits per heavy atom. The molecule has 1 aromatic rings. The molecule has 1 rings (SSSR count). The molecule has 0 heterocycles. The van der Waals surface area contributed by atoms with Gasteiger partial charge in [0.15, 0.2) is 0 Å². The Kier molecular flexibility index (Phi) is 3.26. The first-order chi connectivity index (χ1) is 6.91. The first-order valence-electron chi connectivity index (χ1n) is 4.14. The second-order valence-electron chi connectivity index (χ2n) is 3.06. The molecule has 15 heavy (non-hydrogen) atoms. The third kappa shape index (κ3) is 2.66. The van der Waals surface area contributed by atoms with Gasteiger partial charge in [-0.1, -0.05) is 11.6 Å². The molecule has 0 aliphatic heterocycles. The van der Waals surface area contributed by atoms with Crippen LogP contribution >= 0.6 is 11.6 Å². The zero-order valence-electron chi connectivity index (χ0n) is 8.20. The van der Waals surface area contributed by atoms with E-state index in [1.54, 1.807) is 6.92 Å². The van der Waals surface area contributed by atoms with E-state index >= 15 is 0 Å². The van der Waals surface area contributed by atoms with Crippen LogP contribution < -0.4 is 5.32 Å². The van der Waals surface area contributed by atoms with Crippen molar-refractivity contribution >= 4 is 28.9 Å². The summed E-state index contributed by atoms with van der Waals surface area (Å²) in [5.41, 5.74) is 0.919. The summed E-state index contributed by atoms with van der Waals surface area (Å²) in [6.45, 7) is 3.02. The summed E-state index contributed by atoms with van der Waals surface area (Å²) < 4.78 is 0.